The number of hydrogen-bond acceptors (Lipinski definition) is 4. The zero-order valence-electron chi connectivity index (χ0n) is 15.3. The van der Waals surface area contributed by atoms with Crippen molar-refractivity contribution in [3.05, 3.63) is 84.9 Å². The Bertz CT molecular complexity index is 1020. The molecular weight excluding hydrogens is 376 g/mol. The lowest BCUT2D eigenvalue weighted by molar-refractivity contribution is -0.114. The van der Waals surface area contributed by atoms with Gasteiger partial charge in [0.1, 0.15) is 18.0 Å². The van der Waals surface area contributed by atoms with Gasteiger partial charge < -0.3 is 10.1 Å². The van der Waals surface area contributed by atoms with Gasteiger partial charge in [0, 0.05) is 5.69 Å². The highest BCUT2D eigenvalue weighted by atomic mass is 32.2. The molecule has 28 heavy (non-hydrogen) atoms. The summed E-state index contributed by atoms with van der Waals surface area (Å²) >= 11 is 0. The summed E-state index contributed by atoms with van der Waals surface area (Å²) in [6.07, 6.45) is 1.07. The zero-order chi connectivity index (χ0) is 20.0. The van der Waals surface area contributed by atoms with Gasteiger partial charge in [-0.05, 0) is 48.5 Å². The second-order valence-electron chi connectivity index (χ2n) is 6.09. The molecule has 0 radical (unpaired) electrons. The van der Waals surface area contributed by atoms with Crippen molar-refractivity contribution in [2.75, 3.05) is 22.4 Å². The van der Waals surface area contributed by atoms with Crippen molar-refractivity contribution >= 4 is 27.3 Å². The molecule has 0 aliphatic heterocycles. The maximum absolute atomic E-state index is 12.3. The third-order valence-electron chi connectivity index (χ3n) is 3.85. The highest BCUT2D eigenvalue weighted by Crippen LogP contribution is 2.25. The van der Waals surface area contributed by atoms with E-state index in [9.17, 15) is 13.2 Å². The smallest absolute Gasteiger partial charge is 0.245 e. The lowest BCUT2D eigenvalue weighted by Crippen LogP contribution is -2.37. The normalized spacial score (nSPS) is 10.9. The molecule has 1 amide bonds. The van der Waals surface area contributed by atoms with Crippen LogP contribution >= 0.6 is 0 Å². The average Bonchev–Trinajstić information content (AvgIpc) is 2.68. The van der Waals surface area contributed by atoms with Crippen LogP contribution < -0.4 is 14.4 Å². The Kier molecular flexibility index (Phi) is 5.96. The highest BCUT2D eigenvalue weighted by molar-refractivity contribution is 7.92. The Labute approximate surface area is 164 Å². The third kappa shape index (κ3) is 5.34. The predicted octanol–water partition coefficient (Wildman–Crippen LogP) is 3.88. The quantitative estimate of drug-likeness (QED) is 0.658. The molecular formula is C21H20N2O4S. The van der Waals surface area contributed by atoms with Crippen molar-refractivity contribution in [3.8, 4) is 11.5 Å². The lowest BCUT2D eigenvalue weighted by Gasteiger charge is -2.22. The molecule has 0 bridgehead atoms. The molecule has 144 valence electrons. The van der Waals surface area contributed by atoms with Crippen LogP contribution in [0.5, 0.6) is 11.5 Å². The molecule has 0 unspecified atom stereocenters. The summed E-state index contributed by atoms with van der Waals surface area (Å²) < 4.78 is 31.2. The highest BCUT2D eigenvalue weighted by Gasteiger charge is 2.21. The van der Waals surface area contributed by atoms with E-state index in [2.05, 4.69) is 5.32 Å². The van der Waals surface area contributed by atoms with Crippen molar-refractivity contribution in [3.63, 3.8) is 0 Å². The molecule has 7 heteroatoms. The van der Waals surface area contributed by atoms with E-state index < -0.39 is 15.9 Å². The predicted molar refractivity (Wildman–Crippen MR) is 110 cm³/mol. The van der Waals surface area contributed by atoms with E-state index in [1.165, 1.54) is 0 Å². The van der Waals surface area contributed by atoms with Gasteiger partial charge in [-0.3, -0.25) is 9.10 Å². The number of sulfonamides is 1. The van der Waals surface area contributed by atoms with E-state index in [1.54, 1.807) is 48.5 Å². The molecule has 0 atom stereocenters. The summed E-state index contributed by atoms with van der Waals surface area (Å²) in [6.45, 7) is -0.327. The van der Waals surface area contributed by atoms with E-state index in [0.717, 1.165) is 10.6 Å². The number of hydrogen-bond donors (Lipinski definition) is 1. The minimum atomic E-state index is -3.65. The molecule has 0 aromatic heterocycles. The Balaban J connectivity index is 1.73. The van der Waals surface area contributed by atoms with Gasteiger partial charge in [-0.2, -0.15) is 0 Å². The van der Waals surface area contributed by atoms with Crippen LogP contribution in [0, 0.1) is 0 Å². The number of rotatable bonds is 7. The number of nitrogens with zero attached hydrogens (tertiary/aromatic N) is 1. The van der Waals surface area contributed by atoms with Crippen LogP contribution in [0.25, 0.3) is 0 Å². The fourth-order valence-corrected chi connectivity index (χ4v) is 3.41. The number of para-hydroxylation sites is 2. The van der Waals surface area contributed by atoms with Gasteiger partial charge >= 0.3 is 0 Å². The second-order valence-corrected chi connectivity index (χ2v) is 8.00. The summed E-state index contributed by atoms with van der Waals surface area (Å²) in [6, 6.07) is 24.7. The Morgan fingerprint density at radius 3 is 1.96 bits per heavy atom. The molecule has 0 saturated heterocycles. The second kappa shape index (κ2) is 8.58. The van der Waals surface area contributed by atoms with Crippen LogP contribution in [-0.4, -0.2) is 27.1 Å². The van der Waals surface area contributed by atoms with E-state index in [0.29, 0.717) is 22.9 Å². The van der Waals surface area contributed by atoms with Crippen LogP contribution in [0.3, 0.4) is 0 Å². The van der Waals surface area contributed by atoms with Crippen molar-refractivity contribution in [1.29, 1.82) is 0 Å². The molecule has 0 heterocycles. The molecule has 3 aromatic carbocycles. The maximum atomic E-state index is 12.3. The summed E-state index contributed by atoms with van der Waals surface area (Å²) in [7, 11) is -3.65. The minimum Gasteiger partial charge on any atom is -0.457 e. The zero-order valence-corrected chi connectivity index (χ0v) is 16.1. The van der Waals surface area contributed by atoms with Gasteiger partial charge in [-0.25, -0.2) is 8.42 Å². The summed E-state index contributed by atoms with van der Waals surface area (Å²) in [4.78, 5) is 12.3. The first-order chi connectivity index (χ1) is 13.4. The summed E-state index contributed by atoms with van der Waals surface area (Å²) in [5.41, 5.74) is 0.985. The molecule has 0 saturated carbocycles. The van der Waals surface area contributed by atoms with Crippen LogP contribution in [0.2, 0.25) is 0 Å². The number of carbonyl (C=O) groups excluding carboxylic acids is 1. The van der Waals surface area contributed by atoms with Gasteiger partial charge in [0.2, 0.25) is 15.9 Å². The number of anilines is 2. The summed E-state index contributed by atoms with van der Waals surface area (Å²) in [5.74, 6) is 0.816. The number of benzene rings is 3. The molecule has 1 N–H and O–H groups in total. The van der Waals surface area contributed by atoms with Crippen LogP contribution in [0.15, 0.2) is 84.9 Å². The van der Waals surface area contributed by atoms with Crippen LogP contribution in [0.4, 0.5) is 11.4 Å². The topological polar surface area (TPSA) is 75.7 Å². The number of carbonyl (C=O) groups is 1. The largest absolute Gasteiger partial charge is 0.457 e. The molecule has 0 aliphatic rings. The van der Waals surface area contributed by atoms with E-state index in [4.69, 9.17) is 4.74 Å². The van der Waals surface area contributed by atoms with Gasteiger partial charge in [0.15, 0.2) is 0 Å². The van der Waals surface area contributed by atoms with Crippen LogP contribution in [-0.2, 0) is 14.8 Å². The van der Waals surface area contributed by atoms with Crippen molar-refractivity contribution < 1.29 is 17.9 Å². The maximum Gasteiger partial charge on any atom is 0.245 e. The average molecular weight is 396 g/mol. The Hall–Kier alpha value is -3.32. The SMILES string of the molecule is CS(=O)(=O)N(CC(=O)Nc1ccccc1)c1ccc(Oc2ccccc2)cc1. The minimum absolute atomic E-state index is 0.327. The van der Waals surface area contributed by atoms with Gasteiger partial charge in [0.25, 0.3) is 0 Å². The Morgan fingerprint density at radius 2 is 1.39 bits per heavy atom. The lowest BCUT2D eigenvalue weighted by atomic mass is 10.3. The number of nitrogens with one attached hydrogen (secondary N) is 1. The molecule has 0 fully saturated rings. The molecule has 6 nitrogen and oxygen atoms in total. The fraction of sp³-hybridized carbons (Fsp3) is 0.0952. The third-order valence-corrected chi connectivity index (χ3v) is 4.99. The van der Waals surface area contributed by atoms with E-state index in [-0.39, 0.29) is 6.54 Å². The first-order valence-electron chi connectivity index (χ1n) is 8.57. The van der Waals surface area contributed by atoms with Crippen molar-refractivity contribution in [2.45, 2.75) is 0 Å². The standard InChI is InChI=1S/C21H20N2O4S/c1-28(25,26)23(16-21(24)22-17-8-4-2-5-9-17)18-12-14-20(15-13-18)27-19-10-6-3-7-11-19/h2-15H,16H2,1H3,(H,22,24). The molecule has 0 aliphatic carbocycles. The van der Waals surface area contributed by atoms with Crippen molar-refractivity contribution in [2.24, 2.45) is 0 Å². The first kappa shape index (κ1) is 19.4. The van der Waals surface area contributed by atoms with E-state index >= 15 is 0 Å². The van der Waals surface area contributed by atoms with E-state index in [1.807, 2.05) is 36.4 Å². The Morgan fingerprint density at radius 1 is 0.857 bits per heavy atom. The number of ether oxygens (including phenoxy) is 1. The first-order valence-corrected chi connectivity index (χ1v) is 10.4. The molecule has 3 rings (SSSR count). The number of amides is 1. The fourth-order valence-electron chi connectivity index (χ4n) is 2.56. The van der Waals surface area contributed by atoms with Crippen LogP contribution in [0.1, 0.15) is 0 Å². The monoisotopic (exact) mass is 396 g/mol. The van der Waals surface area contributed by atoms with Gasteiger partial charge in [-0.15, -0.1) is 0 Å². The van der Waals surface area contributed by atoms with Gasteiger partial charge in [0.05, 0.1) is 11.9 Å². The van der Waals surface area contributed by atoms with Crippen molar-refractivity contribution in [1.82, 2.24) is 0 Å². The molecule has 0 spiro atoms. The summed E-state index contributed by atoms with van der Waals surface area (Å²) in [5, 5.41) is 2.69. The van der Waals surface area contributed by atoms with Gasteiger partial charge in [-0.1, -0.05) is 36.4 Å². The molecule has 3 aromatic rings.